The Balaban J connectivity index is 1.61. The molecule has 2 N–H and O–H groups in total. The van der Waals surface area contributed by atoms with Gasteiger partial charge in [0.2, 0.25) is 0 Å². The normalized spacial score (nSPS) is 10.6. The zero-order chi connectivity index (χ0) is 13.8. The van der Waals surface area contributed by atoms with Gasteiger partial charge >= 0.3 is 0 Å². The van der Waals surface area contributed by atoms with Crippen molar-refractivity contribution in [2.24, 2.45) is 0 Å². The van der Waals surface area contributed by atoms with Crippen LogP contribution in [0.2, 0.25) is 0 Å². The lowest BCUT2D eigenvalue weighted by Gasteiger charge is -2.04. The van der Waals surface area contributed by atoms with Crippen molar-refractivity contribution in [2.45, 2.75) is 6.42 Å². The minimum absolute atomic E-state index is 0.105. The molecule has 3 aromatic rings. The van der Waals surface area contributed by atoms with Crippen LogP contribution in [-0.4, -0.2) is 22.3 Å². The number of carbonyl (C=O) groups excluding carboxylic acids is 1. The van der Waals surface area contributed by atoms with E-state index < -0.39 is 0 Å². The van der Waals surface area contributed by atoms with Crippen LogP contribution in [0.25, 0.3) is 11.0 Å². The van der Waals surface area contributed by atoms with E-state index in [4.69, 9.17) is 0 Å². The van der Waals surface area contributed by atoms with Crippen molar-refractivity contribution < 1.29 is 4.79 Å². The maximum Gasteiger partial charge on any atom is 0.159 e. The van der Waals surface area contributed by atoms with Crippen molar-refractivity contribution in [2.75, 3.05) is 11.9 Å². The van der Waals surface area contributed by atoms with Gasteiger partial charge in [0.1, 0.15) is 5.82 Å². The van der Waals surface area contributed by atoms with E-state index >= 15 is 0 Å². The van der Waals surface area contributed by atoms with Gasteiger partial charge in [-0.3, -0.25) is 4.79 Å². The number of H-pyrrole nitrogens is 1. The average molecular weight is 265 g/mol. The number of carbonyl (C=O) groups is 1. The monoisotopic (exact) mass is 265 g/mol. The molecule has 0 aliphatic heterocycles. The molecule has 0 bridgehead atoms. The molecule has 3 rings (SSSR count). The van der Waals surface area contributed by atoms with Crippen LogP contribution < -0.4 is 5.32 Å². The lowest BCUT2D eigenvalue weighted by Crippen LogP contribution is -2.16. The van der Waals surface area contributed by atoms with Gasteiger partial charge in [0.15, 0.2) is 5.78 Å². The first-order valence-corrected chi connectivity index (χ1v) is 6.55. The fraction of sp³-hybridized carbons (Fsp3) is 0.125. The number of aromatic nitrogens is 2. The van der Waals surface area contributed by atoms with Crippen LogP contribution in [0.1, 0.15) is 5.82 Å². The summed E-state index contributed by atoms with van der Waals surface area (Å²) in [6.07, 6.45) is 0.314. The number of benzene rings is 2. The number of anilines is 1. The lowest BCUT2D eigenvalue weighted by molar-refractivity contribution is -0.116. The van der Waals surface area contributed by atoms with Crippen LogP contribution in [-0.2, 0) is 11.2 Å². The Morgan fingerprint density at radius 3 is 2.60 bits per heavy atom. The maximum absolute atomic E-state index is 11.9. The van der Waals surface area contributed by atoms with Crippen molar-refractivity contribution in [1.29, 1.82) is 0 Å². The Labute approximate surface area is 116 Å². The molecule has 0 amide bonds. The van der Waals surface area contributed by atoms with Crippen molar-refractivity contribution >= 4 is 22.5 Å². The Hall–Kier alpha value is -2.62. The van der Waals surface area contributed by atoms with Crippen molar-refractivity contribution in [3.8, 4) is 0 Å². The number of para-hydroxylation sites is 3. The second-order valence-electron chi connectivity index (χ2n) is 4.64. The third-order valence-corrected chi connectivity index (χ3v) is 3.07. The second-order valence-corrected chi connectivity index (χ2v) is 4.64. The van der Waals surface area contributed by atoms with E-state index in [0.29, 0.717) is 18.8 Å². The van der Waals surface area contributed by atoms with Crippen LogP contribution in [0.4, 0.5) is 5.69 Å². The van der Waals surface area contributed by atoms with E-state index in [2.05, 4.69) is 15.3 Å². The third kappa shape index (κ3) is 2.85. The molecule has 4 nitrogen and oxygen atoms in total. The molecule has 1 aromatic heterocycles. The topological polar surface area (TPSA) is 57.8 Å². The molecule has 0 radical (unpaired) electrons. The summed E-state index contributed by atoms with van der Waals surface area (Å²) in [6.45, 7) is 0.307. The number of Topliss-reactive ketones (excluding diaryl/α,β-unsaturated/α-hetero) is 1. The minimum atomic E-state index is 0.105. The highest BCUT2D eigenvalue weighted by atomic mass is 16.1. The summed E-state index contributed by atoms with van der Waals surface area (Å²) >= 11 is 0. The molecule has 2 aromatic carbocycles. The van der Waals surface area contributed by atoms with E-state index in [1.54, 1.807) is 0 Å². The first-order chi connectivity index (χ1) is 9.81. The summed E-state index contributed by atoms with van der Waals surface area (Å²) in [5.41, 5.74) is 2.81. The Bertz CT molecular complexity index is 686. The smallest absolute Gasteiger partial charge is 0.159 e. The number of aromatic amines is 1. The van der Waals surface area contributed by atoms with Gasteiger partial charge in [-0.1, -0.05) is 30.3 Å². The maximum atomic E-state index is 11.9. The van der Waals surface area contributed by atoms with E-state index in [-0.39, 0.29) is 5.78 Å². The van der Waals surface area contributed by atoms with Crippen molar-refractivity contribution in [1.82, 2.24) is 9.97 Å². The average Bonchev–Trinajstić information content (AvgIpc) is 2.88. The molecule has 0 spiro atoms. The van der Waals surface area contributed by atoms with E-state index in [1.165, 1.54) is 0 Å². The summed E-state index contributed by atoms with van der Waals surface area (Å²) < 4.78 is 0. The zero-order valence-corrected chi connectivity index (χ0v) is 11.0. The fourth-order valence-corrected chi connectivity index (χ4v) is 2.10. The molecule has 20 heavy (non-hydrogen) atoms. The van der Waals surface area contributed by atoms with Gasteiger partial charge in [-0.25, -0.2) is 4.98 Å². The molecular weight excluding hydrogens is 250 g/mol. The molecule has 0 unspecified atom stereocenters. The van der Waals surface area contributed by atoms with E-state index in [1.807, 2.05) is 54.6 Å². The van der Waals surface area contributed by atoms with Crippen LogP contribution in [0.5, 0.6) is 0 Å². The SMILES string of the molecule is O=C(CNc1ccccc1)Cc1nc2ccccc2[nH]1. The first-order valence-electron chi connectivity index (χ1n) is 6.55. The van der Waals surface area contributed by atoms with Crippen LogP contribution >= 0.6 is 0 Å². The quantitative estimate of drug-likeness (QED) is 0.745. The van der Waals surface area contributed by atoms with Gasteiger partial charge in [0.05, 0.1) is 24.0 Å². The van der Waals surface area contributed by atoms with Crippen LogP contribution in [0.3, 0.4) is 0 Å². The minimum Gasteiger partial charge on any atom is -0.378 e. The molecule has 1 heterocycles. The molecular formula is C16H15N3O. The molecule has 4 heteroatoms. The van der Waals surface area contributed by atoms with Gasteiger partial charge in [0, 0.05) is 5.69 Å². The number of nitrogens with one attached hydrogen (secondary N) is 2. The molecule has 0 fully saturated rings. The number of fused-ring (bicyclic) bond motifs is 1. The first kappa shape index (κ1) is 12.4. The number of imidazole rings is 1. The Morgan fingerprint density at radius 1 is 1.05 bits per heavy atom. The highest BCUT2D eigenvalue weighted by Crippen LogP contribution is 2.11. The second kappa shape index (κ2) is 5.57. The highest BCUT2D eigenvalue weighted by Gasteiger charge is 2.07. The molecule has 100 valence electrons. The number of hydrogen-bond donors (Lipinski definition) is 2. The van der Waals surface area contributed by atoms with Crippen molar-refractivity contribution in [3.63, 3.8) is 0 Å². The predicted molar refractivity (Wildman–Crippen MR) is 79.7 cm³/mol. The fourth-order valence-electron chi connectivity index (χ4n) is 2.10. The van der Waals surface area contributed by atoms with Gasteiger partial charge in [-0.05, 0) is 24.3 Å². The molecule has 0 aliphatic carbocycles. The Kier molecular flexibility index (Phi) is 3.46. The van der Waals surface area contributed by atoms with Gasteiger partial charge in [-0.15, -0.1) is 0 Å². The van der Waals surface area contributed by atoms with Crippen LogP contribution in [0, 0.1) is 0 Å². The summed E-state index contributed by atoms with van der Waals surface area (Å²) in [5.74, 6) is 0.818. The highest BCUT2D eigenvalue weighted by molar-refractivity contribution is 5.85. The molecule has 0 saturated carbocycles. The number of nitrogens with zero attached hydrogens (tertiary/aromatic N) is 1. The summed E-state index contributed by atoms with van der Waals surface area (Å²) in [5, 5.41) is 3.11. The number of hydrogen-bond acceptors (Lipinski definition) is 3. The third-order valence-electron chi connectivity index (χ3n) is 3.07. The van der Waals surface area contributed by atoms with E-state index in [9.17, 15) is 4.79 Å². The molecule has 0 saturated heterocycles. The number of rotatable bonds is 5. The van der Waals surface area contributed by atoms with Gasteiger partial charge in [0.25, 0.3) is 0 Å². The van der Waals surface area contributed by atoms with Crippen molar-refractivity contribution in [3.05, 3.63) is 60.4 Å². The lowest BCUT2D eigenvalue weighted by atomic mass is 10.2. The standard InChI is InChI=1S/C16H15N3O/c20-13(11-17-12-6-2-1-3-7-12)10-16-18-14-8-4-5-9-15(14)19-16/h1-9,17H,10-11H2,(H,18,19). The number of ketones is 1. The van der Waals surface area contributed by atoms with Gasteiger partial charge < -0.3 is 10.3 Å². The largest absolute Gasteiger partial charge is 0.378 e. The summed E-state index contributed by atoms with van der Waals surface area (Å²) in [6, 6.07) is 17.5. The summed E-state index contributed by atoms with van der Waals surface area (Å²) in [4.78, 5) is 19.5. The van der Waals surface area contributed by atoms with Crippen LogP contribution in [0.15, 0.2) is 54.6 Å². The molecule has 0 atom stereocenters. The predicted octanol–water partition coefficient (Wildman–Crippen LogP) is 2.79. The van der Waals surface area contributed by atoms with Gasteiger partial charge in [-0.2, -0.15) is 0 Å². The van der Waals surface area contributed by atoms with E-state index in [0.717, 1.165) is 16.7 Å². The summed E-state index contributed by atoms with van der Waals surface area (Å²) in [7, 11) is 0. The Morgan fingerprint density at radius 2 is 1.80 bits per heavy atom. The zero-order valence-electron chi connectivity index (χ0n) is 11.0. The molecule has 0 aliphatic rings.